The van der Waals surface area contributed by atoms with Gasteiger partial charge in [-0.1, -0.05) is 12.1 Å². The fraction of sp³-hybridized carbons (Fsp3) is 0.222. The smallest absolute Gasteiger partial charge is 0.271 e. The normalized spacial score (nSPS) is 10.2. The van der Waals surface area contributed by atoms with E-state index in [-0.39, 0.29) is 28.7 Å². The van der Waals surface area contributed by atoms with Crippen molar-refractivity contribution >= 4 is 34.6 Å². The van der Waals surface area contributed by atoms with Crippen LogP contribution in [0.5, 0.6) is 5.75 Å². The van der Waals surface area contributed by atoms with E-state index in [0.717, 1.165) is 18.2 Å². The van der Waals surface area contributed by atoms with Crippen molar-refractivity contribution in [1.29, 1.82) is 0 Å². The second kappa shape index (κ2) is 10.3. The van der Waals surface area contributed by atoms with Gasteiger partial charge in [0, 0.05) is 18.7 Å². The van der Waals surface area contributed by atoms with Crippen LogP contribution in [0.4, 0.5) is 15.8 Å². The van der Waals surface area contributed by atoms with Gasteiger partial charge in [-0.05, 0) is 37.3 Å². The monoisotopic (exact) mass is 407 g/mol. The zero-order chi connectivity index (χ0) is 20.5. The van der Waals surface area contributed by atoms with E-state index >= 15 is 0 Å². The van der Waals surface area contributed by atoms with E-state index in [0.29, 0.717) is 19.0 Å². The highest BCUT2D eigenvalue weighted by Crippen LogP contribution is 2.21. The zero-order valence-electron chi connectivity index (χ0n) is 14.9. The first kappa shape index (κ1) is 21.2. The van der Waals surface area contributed by atoms with Gasteiger partial charge in [0.25, 0.3) is 11.6 Å². The quantitative estimate of drug-likeness (QED) is 0.300. The van der Waals surface area contributed by atoms with Gasteiger partial charge in [-0.2, -0.15) is 0 Å². The first-order valence-electron chi connectivity index (χ1n) is 8.28. The number of non-ortho nitro benzene ring substituents is 1. The van der Waals surface area contributed by atoms with Crippen molar-refractivity contribution in [2.24, 2.45) is 0 Å². The number of carbonyl (C=O) groups excluding carboxylic acids is 1. The summed E-state index contributed by atoms with van der Waals surface area (Å²) < 4.78 is 24.6. The number of thiocarbonyl (C=S) groups is 1. The van der Waals surface area contributed by atoms with Crippen molar-refractivity contribution in [3.8, 4) is 5.75 Å². The van der Waals surface area contributed by atoms with Crippen LogP contribution in [0, 0.1) is 15.9 Å². The lowest BCUT2D eigenvalue weighted by molar-refractivity contribution is -0.384. The molecule has 2 N–H and O–H groups in total. The molecule has 0 heterocycles. The first-order valence-corrected chi connectivity index (χ1v) is 8.69. The highest BCUT2D eigenvalue weighted by Gasteiger charge is 2.16. The number of hydrogen-bond donors (Lipinski definition) is 2. The molecule has 0 aliphatic carbocycles. The van der Waals surface area contributed by atoms with E-state index in [1.807, 2.05) is 6.92 Å². The molecule has 0 fully saturated rings. The van der Waals surface area contributed by atoms with E-state index in [1.165, 1.54) is 0 Å². The summed E-state index contributed by atoms with van der Waals surface area (Å²) in [5.41, 5.74) is -0.311. The Morgan fingerprint density at radius 3 is 2.71 bits per heavy atom. The zero-order valence-corrected chi connectivity index (χ0v) is 15.8. The highest BCUT2D eigenvalue weighted by molar-refractivity contribution is 7.80. The number of anilines is 1. The molecule has 0 saturated heterocycles. The maximum absolute atomic E-state index is 13.8. The SMILES string of the molecule is CCOCCOc1ccccc1C(=O)NC(=S)Nc1cc([N+](=O)[O-])ccc1F. The largest absolute Gasteiger partial charge is 0.490 e. The molecule has 8 nitrogen and oxygen atoms in total. The van der Waals surface area contributed by atoms with Crippen molar-refractivity contribution in [3.05, 3.63) is 64.0 Å². The van der Waals surface area contributed by atoms with Gasteiger partial charge in [0.15, 0.2) is 5.11 Å². The van der Waals surface area contributed by atoms with Crippen LogP contribution in [0.15, 0.2) is 42.5 Å². The summed E-state index contributed by atoms with van der Waals surface area (Å²) in [5, 5.41) is 15.4. The Balaban J connectivity index is 2.04. The van der Waals surface area contributed by atoms with Gasteiger partial charge < -0.3 is 14.8 Å². The molecule has 10 heteroatoms. The van der Waals surface area contributed by atoms with Crippen LogP contribution in [0.1, 0.15) is 17.3 Å². The Morgan fingerprint density at radius 2 is 2.00 bits per heavy atom. The lowest BCUT2D eigenvalue weighted by Crippen LogP contribution is -2.34. The Hall–Kier alpha value is -3.11. The Labute approximate surface area is 165 Å². The van der Waals surface area contributed by atoms with Crippen LogP contribution >= 0.6 is 12.2 Å². The minimum absolute atomic E-state index is 0.214. The number of hydrogen-bond acceptors (Lipinski definition) is 6. The van der Waals surface area contributed by atoms with E-state index in [2.05, 4.69) is 10.6 Å². The number of ether oxygens (including phenoxy) is 2. The van der Waals surface area contributed by atoms with E-state index in [1.54, 1.807) is 24.3 Å². The predicted molar refractivity (Wildman–Crippen MR) is 105 cm³/mol. The molecule has 0 spiro atoms. The Bertz CT molecular complexity index is 878. The molecule has 0 saturated carbocycles. The summed E-state index contributed by atoms with van der Waals surface area (Å²) in [6.45, 7) is 3.05. The first-order chi connectivity index (χ1) is 13.4. The van der Waals surface area contributed by atoms with Crippen LogP contribution in [0.3, 0.4) is 0 Å². The molecule has 0 radical (unpaired) electrons. The third kappa shape index (κ3) is 5.96. The minimum atomic E-state index is -0.748. The molecule has 2 aromatic rings. The fourth-order valence-electron chi connectivity index (χ4n) is 2.18. The van der Waals surface area contributed by atoms with Gasteiger partial charge in [-0.3, -0.25) is 20.2 Å². The second-order valence-electron chi connectivity index (χ2n) is 5.37. The van der Waals surface area contributed by atoms with E-state index in [4.69, 9.17) is 21.7 Å². The molecule has 0 aliphatic rings. The summed E-state index contributed by atoms with van der Waals surface area (Å²) in [6.07, 6.45) is 0. The maximum atomic E-state index is 13.8. The molecular weight excluding hydrogens is 389 g/mol. The minimum Gasteiger partial charge on any atom is -0.490 e. The second-order valence-corrected chi connectivity index (χ2v) is 5.78. The van der Waals surface area contributed by atoms with Crippen LogP contribution in [0.25, 0.3) is 0 Å². The molecule has 0 atom stereocenters. The van der Waals surface area contributed by atoms with E-state index < -0.39 is 16.6 Å². The Kier molecular flexibility index (Phi) is 7.78. The molecular formula is C18H18FN3O5S. The molecule has 28 heavy (non-hydrogen) atoms. The average molecular weight is 407 g/mol. The van der Waals surface area contributed by atoms with Gasteiger partial charge in [-0.25, -0.2) is 4.39 Å². The van der Waals surface area contributed by atoms with Crippen molar-refractivity contribution in [2.45, 2.75) is 6.92 Å². The standard InChI is InChI=1S/C18H18FN3O5S/c1-2-26-9-10-27-16-6-4-3-5-13(16)17(23)21-18(28)20-15-11-12(22(24)25)7-8-14(15)19/h3-8,11H,2,9-10H2,1H3,(H2,20,21,23,28). The summed E-state index contributed by atoms with van der Waals surface area (Å²) in [5.74, 6) is -0.985. The third-order valence-electron chi connectivity index (χ3n) is 3.46. The number of amides is 1. The van der Waals surface area contributed by atoms with Gasteiger partial charge in [0.1, 0.15) is 18.2 Å². The van der Waals surface area contributed by atoms with Gasteiger partial charge >= 0.3 is 0 Å². The number of para-hydroxylation sites is 1. The molecule has 2 rings (SSSR count). The predicted octanol–water partition coefficient (Wildman–Crippen LogP) is 3.28. The number of carbonyl (C=O) groups is 1. The van der Waals surface area contributed by atoms with E-state index in [9.17, 15) is 19.3 Å². The van der Waals surface area contributed by atoms with Gasteiger partial charge in [0.05, 0.1) is 22.8 Å². The highest BCUT2D eigenvalue weighted by atomic mass is 32.1. The summed E-state index contributed by atoms with van der Waals surface area (Å²) in [7, 11) is 0. The fourth-order valence-corrected chi connectivity index (χ4v) is 2.38. The van der Waals surface area contributed by atoms with Crippen molar-refractivity contribution in [2.75, 3.05) is 25.1 Å². The molecule has 2 aromatic carbocycles. The van der Waals surface area contributed by atoms with Gasteiger partial charge in [0.2, 0.25) is 0 Å². The topological polar surface area (TPSA) is 103 Å². The van der Waals surface area contributed by atoms with Gasteiger partial charge in [-0.15, -0.1) is 0 Å². The Morgan fingerprint density at radius 1 is 1.25 bits per heavy atom. The number of nitrogens with one attached hydrogen (secondary N) is 2. The maximum Gasteiger partial charge on any atom is 0.271 e. The van der Waals surface area contributed by atoms with Crippen molar-refractivity contribution in [3.63, 3.8) is 0 Å². The molecule has 0 bridgehead atoms. The summed E-state index contributed by atoms with van der Waals surface area (Å²) in [6, 6.07) is 9.48. The molecule has 1 amide bonds. The molecule has 0 aromatic heterocycles. The number of nitro groups is 1. The van der Waals surface area contributed by atoms with Crippen molar-refractivity contribution in [1.82, 2.24) is 5.32 Å². The molecule has 148 valence electrons. The lowest BCUT2D eigenvalue weighted by Gasteiger charge is -2.13. The number of benzene rings is 2. The number of nitro benzene ring substituents is 1. The third-order valence-corrected chi connectivity index (χ3v) is 3.66. The number of halogens is 1. The average Bonchev–Trinajstić information content (AvgIpc) is 2.67. The van der Waals surface area contributed by atoms with Crippen LogP contribution in [-0.4, -0.2) is 35.8 Å². The lowest BCUT2D eigenvalue weighted by atomic mass is 10.2. The van der Waals surface area contributed by atoms with Crippen LogP contribution in [0.2, 0.25) is 0 Å². The van der Waals surface area contributed by atoms with Crippen molar-refractivity contribution < 1.29 is 23.6 Å². The number of nitrogens with zero attached hydrogens (tertiary/aromatic N) is 1. The van der Waals surface area contributed by atoms with Crippen LogP contribution in [-0.2, 0) is 4.74 Å². The molecule has 0 aliphatic heterocycles. The molecule has 0 unspecified atom stereocenters. The van der Waals surface area contributed by atoms with Crippen LogP contribution < -0.4 is 15.4 Å². The summed E-state index contributed by atoms with van der Waals surface area (Å²) >= 11 is 5.01. The number of rotatable bonds is 8. The summed E-state index contributed by atoms with van der Waals surface area (Å²) in [4.78, 5) is 22.6.